The predicted octanol–water partition coefficient (Wildman–Crippen LogP) is 10.2. The molecule has 1 aromatic heterocycles. The number of benzene rings is 4. The highest BCUT2D eigenvalue weighted by Gasteiger charge is 2.25. The van der Waals surface area contributed by atoms with E-state index in [9.17, 15) is 4.79 Å². The van der Waals surface area contributed by atoms with Gasteiger partial charge in [0, 0.05) is 42.2 Å². The van der Waals surface area contributed by atoms with Crippen molar-refractivity contribution in [1.82, 2.24) is 4.98 Å². The molecule has 0 aliphatic heterocycles. The van der Waals surface area contributed by atoms with E-state index in [-0.39, 0.29) is 0 Å². The van der Waals surface area contributed by atoms with Gasteiger partial charge < -0.3 is 23.7 Å². The minimum absolute atomic E-state index is 0.413. The third-order valence-corrected chi connectivity index (χ3v) is 9.70. The van der Waals surface area contributed by atoms with E-state index in [0.717, 1.165) is 104 Å². The van der Waals surface area contributed by atoms with Crippen molar-refractivity contribution >= 4 is 16.9 Å². The molecule has 7 heteroatoms. The Hall–Kier alpha value is -5.04. The van der Waals surface area contributed by atoms with Crippen LogP contribution in [0.3, 0.4) is 0 Å². The molecule has 8 bridgehead atoms. The largest absolute Gasteiger partial charge is 0.493 e. The number of esters is 1. The molecule has 0 unspecified atom stereocenters. The molecule has 1 aliphatic carbocycles. The molecule has 4 aromatic carbocycles. The van der Waals surface area contributed by atoms with Crippen LogP contribution in [0.4, 0.5) is 0 Å². The van der Waals surface area contributed by atoms with Gasteiger partial charge in [-0.3, -0.25) is 4.98 Å². The fourth-order valence-electron chi connectivity index (χ4n) is 7.25. The van der Waals surface area contributed by atoms with Crippen LogP contribution in [0.25, 0.3) is 10.9 Å². The summed E-state index contributed by atoms with van der Waals surface area (Å²) in [6.45, 7) is 12.8. The lowest BCUT2D eigenvalue weighted by molar-refractivity contribution is 0.0599. The molecule has 1 heterocycles. The molecule has 0 spiro atoms. The Balaban J connectivity index is 1.69. The number of hydrogen-bond acceptors (Lipinski definition) is 7. The minimum Gasteiger partial charge on any atom is -0.493 e. The molecule has 0 N–H and O–H groups in total. The Labute approximate surface area is 314 Å². The standard InChI is InChI=1S/C46H53NO6/c1-7-20-50-42-31-14-11-15-32(42)25-34-17-13-19-36(44(34)52-22-9-3)27-40-39-29-38(46(48)49-6)30(5)47-41(39)28-37(45(40)53-23-10-4)26-35-18-12-16-33(24-31)43(35)51-21-8-2/h11-19,28-29H,7-10,20-27H2,1-6H3. The smallest absolute Gasteiger partial charge is 0.339 e. The van der Waals surface area contributed by atoms with Gasteiger partial charge in [-0.15, -0.1) is 0 Å². The van der Waals surface area contributed by atoms with Crippen molar-refractivity contribution in [3.05, 3.63) is 122 Å². The summed E-state index contributed by atoms with van der Waals surface area (Å²) < 4.78 is 31.8. The number of methoxy groups -OCH3 is 1. The SMILES string of the molecule is CCCOc1c2cccc1Cc1cccc(c1OCCC)Cc1c(OCCC)c(cc3nc(C)c(C(=O)OC)cc13)Cc1cccc(c1OCCC)C2. The normalized spacial score (nSPS) is 12.3. The number of nitrogens with zero attached hydrogens (tertiary/aromatic N) is 1. The molecule has 0 radical (unpaired) electrons. The maximum Gasteiger partial charge on any atom is 0.339 e. The lowest BCUT2D eigenvalue weighted by Crippen LogP contribution is -2.11. The first-order chi connectivity index (χ1) is 25.9. The van der Waals surface area contributed by atoms with E-state index in [0.29, 0.717) is 63.4 Å². The molecule has 0 fully saturated rings. The predicted molar refractivity (Wildman–Crippen MR) is 212 cm³/mol. The van der Waals surface area contributed by atoms with Crippen molar-refractivity contribution in [2.24, 2.45) is 0 Å². The summed E-state index contributed by atoms with van der Waals surface area (Å²) in [6, 6.07) is 23.4. The number of fused-ring (bicyclic) bond motifs is 10. The van der Waals surface area contributed by atoms with Crippen molar-refractivity contribution < 1.29 is 28.5 Å². The van der Waals surface area contributed by atoms with Crippen LogP contribution in [0.5, 0.6) is 23.0 Å². The number of para-hydroxylation sites is 3. The second-order valence-corrected chi connectivity index (χ2v) is 13.8. The highest BCUT2D eigenvalue weighted by atomic mass is 16.5. The van der Waals surface area contributed by atoms with Gasteiger partial charge in [0.05, 0.1) is 50.3 Å². The topological polar surface area (TPSA) is 76.1 Å². The maximum absolute atomic E-state index is 13.0. The quantitative estimate of drug-likeness (QED) is 0.110. The lowest BCUT2D eigenvalue weighted by atomic mass is 9.89. The Kier molecular flexibility index (Phi) is 12.6. The van der Waals surface area contributed by atoms with Gasteiger partial charge in [-0.25, -0.2) is 4.79 Å². The van der Waals surface area contributed by atoms with Crippen molar-refractivity contribution in [2.45, 2.75) is 86.0 Å². The summed E-state index contributed by atoms with van der Waals surface area (Å²) in [5, 5.41) is 0.859. The van der Waals surface area contributed by atoms with Gasteiger partial charge in [0.15, 0.2) is 0 Å². The maximum atomic E-state index is 13.0. The number of carbonyl (C=O) groups is 1. The molecule has 7 nitrogen and oxygen atoms in total. The van der Waals surface area contributed by atoms with Crippen LogP contribution in [-0.2, 0) is 30.4 Å². The molecule has 0 atom stereocenters. The number of hydrogen-bond donors (Lipinski definition) is 0. The zero-order valence-corrected chi connectivity index (χ0v) is 32.2. The van der Waals surface area contributed by atoms with E-state index in [1.165, 1.54) is 7.11 Å². The van der Waals surface area contributed by atoms with Crippen LogP contribution in [0, 0.1) is 6.92 Å². The molecule has 1 aliphatic rings. The summed E-state index contributed by atoms with van der Waals surface area (Å²) in [7, 11) is 1.41. The number of rotatable bonds is 13. The second kappa shape index (κ2) is 17.7. The van der Waals surface area contributed by atoms with E-state index >= 15 is 0 Å². The highest BCUT2D eigenvalue weighted by molar-refractivity contribution is 5.97. The van der Waals surface area contributed by atoms with Crippen LogP contribution in [0.1, 0.15) is 114 Å². The van der Waals surface area contributed by atoms with Crippen LogP contribution in [-0.4, -0.2) is 44.5 Å². The number of aromatic nitrogens is 1. The molecular weight excluding hydrogens is 663 g/mol. The summed E-state index contributed by atoms with van der Waals surface area (Å²) in [4.78, 5) is 18.0. The molecular formula is C46H53NO6. The summed E-state index contributed by atoms with van der Waals surface area (Å²) in [6.07, 6.45) is 5.93. The van der Waals surface area contributed by atoms with Gasteiger partial charge in [0.25, 0.3) is 0 Å². The molecule has 278 valence electrons. The fourth-order valence-corrected chi connectivity index (χ4v) is 7.25. The Morgan fingerprint density at radius 3 is 1.38 bits per heavy atom. The zero-order valence-electron chi connectivity index (χ0n) is 32.2. The minimum atomic E-state index is -0.413. The monoisotopic (exact) mass is 715 g/mol. The first kappa shape index (κ1) is 37.7. The first-order valence-electron chi connectivity index (χ1n) is 19.3. The van der Waals surface area contributed by atoms with Gasteiger partial charge in [0.2, 0.25) is 0 Å². The zero-order chi connectivity index (χ0) is 37.3. The van der Waals surface area contributed by atoms with E-state index < -0.39 is 5.97 Å². The Bertz CT molecular complexity index is 2070. The number of ether oxygens (including phenoxy) is 5. The summed E-state index contributed by atoms with van der Waals surface area (Å²) >= 11 is 0. The summed E-state index contributed by atoms with van der Waals surface area (Å²) in [5.41, 5.74) is 10.4. The van der Waals surface area contributed by atoms with Gasteiger partial charge >= 0.3 is 5.97 Å². The third-order valence-electron chi connectivity index (χ3n) is 9.70. The molecule has 0 amide bonds. The fraction of sp³-hybridized carbons (Fsp3) is 0.391. The van der Waals surface area contributed by atoms with Crippen molar-refractivity contribution in [1.29, 1.82) is 0 Å². The van der Waals surface area contributed by atoms with Crippen molar-refractivity contribution in [3.8, 4) is 23.0 Å². The van der Waals surface area contributed by atoms with E-state index in [4.69, 9.17) is 28.7 Å². The van der Waals surface area contributed by atoms with Crippen LogP contribution >= 0.6 is 0 Å². The second-order valence-electron chi connectivity index (χ2n) is 13.8. The number of aryl methyl sites for hydroxylation is 1. The third kappa shape index (κ3) is 8.30. The Morgan fingerprint density at radius 2 is 0.962 bits per heavy atom. The number of carbonyl (C=O) groups excluding carboxylic acids is 1. The first-order valence-corrected chi connectivity index (χ1v) is 19.3. The van der Waals surface area contributed by atoms with E-state index in [1.807, 2.05) is 13.0 Å². The average molecular weight is 716 g/mol. The van der Waals surface area contributed by atoms with Gasteiger partial charge in [0.1, 0.15) is 23.0 Å². The number of pyridine rings is 1. The van der Waals surface area contributed by atoms with Crippen molar-refractivity contribution in [2.75, 3.05) is 33.5 Å². The molecule has 5 aromatic rings. The molecule has 0 saturated heterocycles. The van der Waals surface area contributed by atoms with E-state index in [1.54, 1.807) is 0 Å². The van der Waals surface area contributed by atoms with Gasteiger partial charge in [-0.1, -0.05) is 82.3 Å². The van der Waals surface area contributed by atoms with Gasteiger partial charge in [-0.2, -0.15) is 0 Å². The van der Waals surface area contributed by atoms with Crippen LogP contribution in [0.2, 0.25) is 0 Å². The Morgan fingerprint density at radius 1 is 0.566 bits per heavy atom. The molecule has 53 heavy (non-hydrogen) atoms. The lowest BCUT2D eigenvalue weighted by Gasteiger charge is -2.23. The van der Waals surface area contributed by atoms with Crippen LogP contribution in [0.15, 0.2) is 66.7 Å². The van der Waals surface area contributed by atoms with Gasteiger partial charge in [-0.05, 0) is 78.1 Å². The molecule has 0 saturated carbocycles. The van der Waals surface area contributed by atoms with E-state index in [2.05, 4.69) is 88.4 Å². The molecule has 6 rings (SSSR count). The average Bonchev–Trinajstić information content (AvgIpc) is 3.16. The van der Waals surface area contributed by atoms with Crippen LogP contribution < -0.4 is 18.9 Å². The van der Waals surface area contributed by atoms with Crippen molar-refractivity contribution in [3.63, 3.8) is 0 Å². The summed E-state index contributed by atoms with van der Waals surface area (Å²) in [5.74, 6) is 3.11. The highest BCUT2D eigenvalue weighted by Crippen LogP contribution is 2.41.